The predicted molar refractivity (Wildman–Crippen MR) is 197 cm³/mol. The second-order valence-electron chi connectivity index (χ2n) is 15.6. The maximum absolute atomic E-state index is 13.9. The van der Waals surface area contributed by atoms with Crippen molar-refractivity contribution in [1.82, 2.24) is 5.32 Å². The number of phenols is 2. The Morgan fingerprint density at radius 2 is 1.60 bits per heavy atom. The van der Waals surface area contributed by atoms with Crippen molar-refractivity contribution in [1.29, 1.82) is 0 Å². The van der Waals surface area contributed by atoms with Crippen molar-refractivity contribution in [3.63, 3.8) is 0 Å². The van der Waals surface area contributed by atoms with E-state index in [-0.39, 0.29) is 70.9 Å². The molecule has 310 valence electrons. The Labute approximate surface area is 329 Å². The molecule has 0 spiro atoms. The number of hydrogen-bond donors (Lipinski definition) is 5. The SMILES string of the molecule is CCC1(O)CC(OC2CC(NC)C(OC3CC(O)C(OC4CCC(=O)C(C)O4)C(C)O3)C(C)O2)c2c(cc3c(c2O)C(=O)c2c(O)cccc2C3=O)C1C(=O)OC. The molecule has 16 heteroatoms. The van der Waals surface area contributed by atoms with Gasteiger partial charge < -0.3 is 58.9 Å². The van der Waals surface area contributed by atoms with Crippen LogP contribution in [0.4, 0.5) is 0 Å². The van der Waals surface area contributed by atoms with Crippen LogP contribution >= 0.6 is 0 Å². The molecule has 3 aliphatic heterocycles. The van der Waals surface area contributed by atoms with E-state index in [1.807, 2.05) is 0 Å². The summed E-state index contributed by atoms with van der Waals surface area (Å²) in [6.45, 7) is 6.92. The van der Waals surface area contributed by atoms with Gasteiger partial charge in [-0.2, -0.15) is 0 Å². The van der Waals surface area contributed by atoms with Crippen LogP contribution in [-0.4, -0.2) is 125 Å². The van der Waals surface area contributed by atoms with Crippen molar-refractivity contribution in [3.05, 3.63) is 57.6 Å². The molecule has 0 radical (unpaired) electrons. The minimum Gasteiger partial charge on any atom is -0.507 e. The van der Waals surface area contributed by atoms with Gasteiger partial charge in [0.1, 0.15) is 35.7 Å². The van der Waals surface area contributed by atoms with Crippen LogP contribution in [0.1, 0.15) is 121 Å². The molecule has 2 aliphatic carbocycles. The van der Waals surface area contributed by atoms with Gasteiger partial charge in [0.15, 0.2) is 30.4 Å². The van der Waals surface area contributed by atoms with Gasteiger partial charge in [-0.15, -0.1) is 0 Å². The second-order valence-corrected chi connectivity index (χ2v) is 15.6. The number of nitrogens with one attached hydrogen (secondary N) is 1. The first-order chi connectivity index (χ1) is 27.1. The third kappa shape index (κ3) is 7.40. The van der Waals surface area contributed by atoms with E-state index in [0.717, 1.165) is 0 Å². The molecule has 57 heavy (non-hydrogen) atoms. The lowest BCUT2D eigenvalue weighted by molar-refractivity contribution is -0.321. The highest BCUT2D eigenvalue weighted by Gasteiger charge is 2.53. The predicted octanol–water partition coefficient (Wildman–Crippen LogP) is 2.82. The van der Waals surface area contributed by atoms with E-state index < -0.39 is 102 Å². The van der Waals surface area contributed by atoms with Gasteiger partial charge in [0.2, 0.25) is 5.78 Å². The van der Waals surface area contributed by atoms with E-state index in [1.165, 1.54) is 31.4 Å². The molecule has 13 atom stereocenters. The van der Waals surface area contributed by atoms with Crippen molar-refractivity contribution in [2.75, 3.05) is 14.2 Å². The Morgan fingerprint density at radius 1 is 0.912 bits per heavy atom. The molecule has 2 aromatic carbocycles. The lowest BCUT2D eigenvalue weighted by atomic mass is 9.67. The van der Waals surface area contributed by atoms with E-state index in [0.29, 0.717) is 12.8 Å². The summed E-state index contributed by atoms with van der Waals surface area (Å²) in [5.74, 6) is -4.61. The highest BCUT2D eigenvalue weighted by Crippen LogP contribution is 2.54. The number of aliphatic hydroxyl groups excluding tert-OH is 1. The van der Waals surface area contributed by atoms with Crippen molar-refractivity contribution < 1.29 is 72.8 Å². The second kappa shape index (κ2) is 16.1. The zero-order valence-electron chi connectivity index (χ0n) is 32.8. The molecule has 5 N–H and O–H groups in total. The largest absolute Gasteiger partial charge is 0.507 e. The van der Waals surface area contributed by atoms with Gasteiger partial charge in [-0.05, 0) is 51.9 Å². The Bertz CT molecular complexity index is 1910. The Kier molecular flexibility index (Phi) is 11.7. The van der Waals surface area contributed by atoms with Gasteiger partial charge in [0.05, 0.1) is 48.3 Å². The smallest absolute Gasteiger partial charge is 0.316 e. The minimum atomic E-state index is -1.76. The summed E-state index contributed by atoms with van der Waals surface area (Å²) in [4.78, 5) is 52.9. The van der Waals surface area contributed by atoms with Gasteiger partial charge in [-0.3, -0.25) is 19.2 Å². The van der Waals surface area contributed by atoms with Gasteiger partial charge in [-0.1, -0.05) is 19.1 Å². The molecular formula is C41H51NO15. The molecule has 0 saturated carbocycles. The first-order valence-electron chi connectivity index (χ1n) is 19.5. The zero-order valence-corrected chi connectivity index (χ0v) is 32.8. The van der Waals surface area contributed by atoms with Crippen LogP contribution in [0.15, 0.2) is 24.3 Å². The summed E-state index contributed by atoms with van der Waals surface area (Å²) < 4.78 is 42.3. The number of methoxy groups -OCH3 is 1. The summed E-state index contributed by atoms with van der Waals surface area (Å²) >= 11 is 0. The maximum Gasteiger partial charge on any atom is 0.316 e. The fourth-order valence-corrected chi connectivity index (χ4v) is 9.08. The third-order valence-electron chi connectivity index (χ3n) is 12.2. The molecule has 0 aromatic heterocycles. The lowest BCUT2D eigenvalue weighted by Gasteiger charge is -2.47. The number of hydrogen-bond acceptors (Lipinski definition) is 16. The van der Waals surface area contributed by atoms with Crippen LogP contribution in [-0.2, 0) is 42.7 Å². The number of ketones is 3. The number of ether oxygens (including phenoxy) is 7. The van der Waals surface area contributed by atoms with Crippen LogP contribution < -0.4 is 5.32 Å². The summed E-state index contributed by atoms with van der Waals surface area (Å²) in [6, 6.07) is 5.04. The molecule has 2 aromatic rings. The first kappa shape index (κ1) is 41.3. The number of carbonyl (C=O) groups is 4. The van der Waals surface area contributed by atoms with Crippen LogP contribution in [0.3, 0.4) is 0 Å². The molecule has 3 saturated heterocycles. The van der Waals surface area contributed by atoms with Crippen molar-refractivity contribution in [3.8, 4) is 11.5 Å². The number of likely N-dealkylation sites (N-methyl/N-ethyl adjacent to an activating group) is 1. The number of fused-ring (bicyclic) bond motifs is 3. The number of esters is 1. The number of rotatable bonds is 9. The van der Waals surface area contributed by atoms with Gasteiger partial charge in [0, 0.05) is 54.8 Å². The molecule has 16 nitrogen and oxygen atoms in total. The summed E-state index contributed by atoms with van der Waals surface area (Å²) in [6.07, 6.45) is -6.70. The number of benzene rings is 2. The van der Waals surface area contributed by atoms with Crippen LogP contribution in [0.25, 0.3) is 0 Å². The topological polar surface area (TPSA) is 226 Å². The van der Waals surface area contributed by atoms with Gasteiger partial charge >= 0.3 is 5.97 Å². The van der Waals surface area contributed by atoms with Crippen molar-refractivity contribution in [2.24, 2.45) is 0 Å². The van der Waals surface area contributed by atoms with Crippen LogP contribution in [0.2, 0.25) is 0 Å². The number of aromatic hydroxyl groups is 2. The Morgan fingerprint density at radius 3 is 2.25 bits per heavy atom. The fourth-order valence-electron chi connectivity index (χ4n) is 9.08. The molecular weight excluding hydrogens is 746 g/mol. The quantitative estimate of drug-likeness (QED) is 0.196. The molecule has 0 amide bonds. The third-order valence-corrected chi connectivity index (χ3v) is 12.2. The summed E-state index contributed by atoms with van der Waals surface area (Å²) in [5, 5.41) is 48.9. The number of aliphatic hydroxyl groups is 2. The Balaban J connectivity index is 1.12. The fraction of sp³-hybridized carbons (Fsp3) is 0.610. The van der Waals surface area contributed by atoms with Crippen LogP contribution in [0, 0.1) is 0 Å². The molecule has 7 rings (SSSR count). The monoisotopic (exact) mass is 797 g/mol. The van der Waals surface area contributed by atoms with E-state index in [2.05, 4.69) is 5.32 Å². The van der Waals surface area contributed by atoms with E-state index in [1.54, 1.807) is 34.7 Å². The molecule has 0 bridgehead atoms. The van der Waals surface area contributed by atoms with Crippen LogP contribution in [0.5, 0.6) is 11.5 Å². The minimum absolute atomic E-state index is 0.00447. The molecule has 13 unspecified atom stereocenters. The summed E-state index contributed by atoms with van der Waals surface area (Å²) in [7, 11) is 2.92. The highest BCUT2D eigenvalue weighted by molar-refractivity contribution is 6.30. The van der Waals surface area contributed by atoms with Gasteiger partial charge in [-0.25, -0.2) is 0 Å². The van der Waals surface area contributed by atoms with Crippen molar-refractivity contribution >= 4 is 23.3 Å². The molecule has 3 fully saturated rings. The Hall–Kier alpha value is -3.84. The molecule has 5 aliphatic rings. The lowest BCUT2D eigenvalue weighted by Crippen LogP contribution is -2.58. The number of carbonyl (C=O) groups excluding carboxylic acids is 4. The average molecular weight is 798 g/mol. The van der Waals surface area contributed by atoms with E-state index in [4.69, 9.17) is 33.2 Å². The number of Topliss-reactive ketones (excluding diaryl/α,β-unsaturated/α-hetero) is 1. The normalized spacial score (nSPS) is 36.6. The van der Waals surface area contributed by atoms with Gasteiger partial charge in [0.25, 0.3) is 0 Å². The summed E-state index contributed by atoms with van der Waals surface area (Å²) in [5.41, 5.74) is -2.51. The van der Waals surface area contributed by atoms with E-state index in [9.17, 15) is 39.6 Å². The van der Waals surface area contributed by atoms with E-state index >= 15 is 0 Å². The van der Waals surface area contributed by atoms with Crippen molar-refractivity contribution in [2.45, 2.75) is 145 Å². The highest BCUT2D eigenvalue weighted by atomic mass is 16.7. The molecule has 3 heterocycles. The maximum atomic E-state index is 13.9. The zero-order chi connectivity index (χ0) is 41.1. The first-order valence-corrected chi connectivity index (χ1v) is 19.5. The standard InChI is InChI=1S/C41H51NO15/c1-7-41(50)16-27(32-21(34(41)40(49)51-6)13-22-33(37(32)48)36(47)31-20(35(22)46)9-8-10-25(31)44)55-29-14-23(42-5)38(18(3)53-29)57-30-15-26(45)39(19(4)54-30)56-28-12-11-24(43)17(2)52-28/h8-10,13,17-19,23,26-30,34,38-39,42,44-45,48,50H,7,11-12,14-16H2,1-6H3. The number of phenolic OH excluding ortho intramolecular Hbond substituents is 2. The average Bonchev–Trinajstić information content (AvgIpc) is 3.17.